The van der Waals surface area contributed by atoms with Gasteiger partial charge in [0.05, 0.1) is 6.04 Å². The van der Waals surface area contributed by atoms with Gasteiger partial charge in [0.1, 0.15) is 0 Å². The summed E-state index contributed by atoms with van der Waals surface area (Å²) >= 11 is 0. The Hall–Kier alpha value is -0.570. The molecule has 1 saturated heterocycles. The second-order valence-electron chi connectivity index (χ2n) is 5.43. The highest BCUT2D eigenvalue weighted by atomic mass is 16.2. The van der Waals surface area contributed by atoms with E-state index in [1.807, 2.05) is 11.9 Å². The molecule has 0 aromatic carbocycles. The van der Waals surface area contributed by atoms with Crippen molar-refractivity contribution in [3.05, 3.63) is 0 Å². The van der Waals surface area contributed by atoms with Crippen LogP contribution < -0.4 is 5.32 Å². The summed E-state index contributed by atoms with van der Waals surface area (Å²) in [5.74, 6) is 0.986. The van der Waals surface area contributed by atoms with Crippen LogP contribution in [0.5, 0.6) is 0 Å². The molecule has 2 rings (SSSR count). The molecule has 1 N–H and O–H groups in total. The van der Waals surface area contributed by atoms with Gasteiger partial charge in [0.2, 0.25) is 5.91 Å². The van der Waals surface area contributed by atoms with Crippen molar-refractivity contribution in [2.75, 3.05) is 13.6 Å². The Morgan fingerprint density at radius 2 is 1.94 bits per heavy atom. The summed E-state index contributed by atoms with van der Waals surface area (Å²) in [7, 11) is 1.99. The van der Waals surface area contributed by atoms with E-state index in [0.717, 1.165) is 19.4 Å². The SMILES string of the molecule is CC1CCCCC1N(C)C(=O)[C@@H]1CCCN1. The van der Waals surface area contributed by atoms with Crippen LogP contribution in [0.1, 0.15) is 45.4 Å². The van der Waals surface area contributed by atoms with Crippen molar-refractivity contribution in [1.82, 2.24) is 10.2 Å². The van der Waals surface area contributed by atoms with Crippen LogP contribution in [-0.4, -0.2) is 36.5 Å². The standard InChI is InChI=1S/C13H24N2O/c1-10-6-3-4-8-12(10)15(2)13(16)11-7-5-9-14-11/h10-12,14H,3-9H2,1-2H3/t10?,11-,12?/m0/s1. The van der Waals surface area contributed by atoms with E-state index < -0.39 is 0 Å². The molecule has 0 radical (unpaired) electrons. The molecular formula is C13H24N2O. The third-order valence-electron chi connectivity index (χ3n) is 4.27. The Morgan fingerprint density at radius 3 is 2.56 bits per heavy atom. The molecule has 3 heteroatoms. The Balaban J connectivity index is 1.94. The molecule has 0 spiro atoms. The Kier molecular flexibility index (Phi) is 3.85. The minimum Gasteiger partial charge on any atom is -0.341 e. The predicted molar refractivity (Wildman–Crippen MR) is 65.2 cm³/mol. The van der Waals surface area contributed by atoms with Crippen LogP contribution in [0, 0.1) is 5.92 Å². The molecule has 1 heterocycles. The number of hydrogen-bond acceptors (Lipinski definition) is 2. The van der Waals surface area contributed by atoms with E-state index in [9.17, 15) is 4.79 Å². The van der Waals surface area contributed by atoms with Crippen molar-refractivity contribution in [3.63, 3.8) is 0 Å². The van der Waals surface area contributed by atoms with E-state index in [1.54, 1.807) is 0 Å². The second kappa shape index (κ2) is 5.17. The largest absolute Gasteiger partial charge is 0.341 e. The molecule has 0 bridgehead atoms. The third-order valence-corrected chi connectivity index (χ3v) is 4.27. The van der Waals surface area contributed by atoms with E-state index in [2.05, 4.69) is 12.2 Å². The third kappa shape index (κ3) is 2.40. The monoisotopic (exact) mass is 224 g/mol. The zero-order valence-corrected chi connectivity index (χ0v) is 10.5. The second-order valence-corrected chi connectivity index (χ2v) is 5.43. The maximum atomic E-state index is 12.3. The van der Waals surface area contributed by atoms with Crippen LogP contribution in [0.25, 0.3) is 0 Å². The highest BCUT2D eigenvalue weighted by Gasteiger charge is 2.32. The van der Waals surface area contributed by atoms with E-state index >= 15 is 0 Å². The van der Waals surface area contributed by atoms with Crippen LogP contribution in [0.3, 0.4) is 0 Å². The summed E-state index contributed by atoms with van der Waals surface area (Å²) in [6.07, 6.45) is 7.25. The fourth-order valence-electron chi connectivity index (χ4n) is 3.18. The van der Waals surface area contributed by atoms with Crippen molar-refractivity contribution >= 4 is 5.91 Å². The average Bonchev–Trinajstić information content (AvgIpc) is 2.81. The lowest BCUT2D eigenvalue weighted by Gasteiger charge is -2.37. The minimum absolute atomic E-state index is 0.0964. The molecule has 0 aromatic rings. The van der Waals surface area contributed by atoms with Gasteiger partial charge in [-0.2, -0.15) is 0 Å². The molecule has 16 heavy (non-hydrogen) atoms. The molecular weight excluding hydrogens is 200 g/mol. The summed E-state index contributed by atoms with van der Waals surface area (Å²) in [5, 5.41) is 3.30. The average molecular weight is 224 g/mol. The van der Waals surface area contributed by atoms with Gasteiger partial charge < -0.3 is 10.2 Å². The molecule has 3 atom stereocenters. The van der Waals surface area contributed by atoms with Crippen LogP contribution in [0.15, 0.2) is 0 Å². The van der Waals surface area contributed by atoms with Crippen LogP contribution >= 0.6 is 0 Å². The molecule has 2 unspecified atom stereocenters. The maximum Gasteiger partial charge on any atom is 0.239 e. The van der Waals surface area contributed by atoms with Gasteiger partial charge in [0, 0.05) is 13.1 Å². The van der Waals surface area contributed by atoms with Crippen LogP contribution in [0.4, 0.5) is 0 Å². The number of hydrogen-bond donors (Lipinski definition) is 1. The number of nitrogens with one attached hydrogen (secondary N) is 1. The minimum atomic E-state index is 0.0964. The van der Waals surface area contributed by atoms with Crippen molar-refractivity contribution in [1.29, 1.82) is 0 Å². The van der Waals surface area contributed by atoms with Gasteiger partial charge in [0.25, 0.3) is 0 Å². The lowest BCUT2D eigenvalue weighted by atomic mass is 9.85. The molecule has 2 fully saturated rings. The van der Waals surface area contributed by atoms with Gasteiger partial charge in [-0.15, -0.1) is 0 Å². The highest BCUT2D eigenvalue weighted by Crippen LogP contribution is 2.28. The van der Waals surface area contributed by atoms with Gasteiger partial charge in [-0.1, -0.05) is 19.8 Å². The first-order valence-electron chi connectivity index (χ1n) is 6.70. The number of nitrogens with zero attached hydrogens (tertiary/aromatic N) is 1. The topological polar surface area (TPSA) is 32.3 Å². The van der Waals surface area contributed by atoms with Crippen LogP contribution in [-0.2, 0) is 4.79 Å². The normalized spacial score (nSPS) is 35.0. The number of likely N-dealkylation sites (N-methyl/N-ethyl adjacent to an activating group) is 1. The first-order chi connectivity index (χ1) is 7.70. The molecule has 92 valence electrons. The molecule has 1 saturated carbocycles. The van der Waals surface area contributed by atoms with E-state index in [-0.39, 0.29) is 6.04 Å². The smallest absolute Gasteiger partial charge is 0.239 e. The van der Waals surface area contributed by atoms with Gasteiger partial charge in [0.15, 0.2) is 0 Å². The fraction of sp³-hybridized carbons (Fsp3) is 0.923. The first-order valence-corrected chi connectivity index (χ1v) is 6.70. The molecule has 2 aliphatic rings. The molecule has 3 nitrogen and oxygen atoms in total. The zero-order chi connectivity index (χ0) is 11.5. The summed E-state index contributed by atoms with van der Waals surface area (Å²) in [5.41, 5.74) is 0. The van der Waals surface area contributed by atoms with Crippen molar-refractivity contribution < 1.29 is 4.79 Å². The van der Waals surface area contributed by atoms with Gasteiger partial charge in [-0.05, 0) is 38.1 Å². The maximum absolute atomic E-state index is 12.3. The lowest BCUT2D eigenvalue weighted by molar-refractivity contribution is -0.135. The molecule has 1 aliphatic heterocycles. The summed E-state index contributed by atoms with van der Waals surface area (Å²) in [4.78, 5) is 14.3. The Labute approximate surface area is 98.6 Å². The fourth-order valence-corrected chi connectivity index (χ4v) is 3.18. The van der Waals surface area contributed by atoms with E-state index in [4.69, 9.17) is 0 Å². The number of carbonyl (C=O) groups is 1. The number of amides is 1. The molecule has 0 aromatic heterocycles. The number of rotatable bonds is 2. The van der Waals surface area contributed by atoms with Gasteiger partial charge >= 0.3 is 0 Å². The van der Waals surface area contributed by atoms with Gasteiger partial charge in [-0.3, -0.25) is 4.79 Å². The quantitative estimate of drug-likeness (QED) is 0.775. The van der Waals surface area contributed by atoms with Crippen LogP contribution in [0.2, 0.25) is 0 Å². The molecule has 1 amide bonds. The predicted octanol–water partition coefficient (Wildman–Crippen LogP) is 1.78. The molecule has 1 aliphatic carbocycles. The van der Waals surface area contributed by atoms with E-state index in [1.165, 1.54) is 25.7 Å². The summed E-state index contributed by atoms with van der Waals surface area (Å²) in [6.45, 7) is 3.29. The summed E-state index contributed by atoms with van der Waals surface area (Å²) in [6, 6.07) is 0.572. The number of carbonyl (C=O) groups excluding carboxylic acids is 1. The van der Waals surface area contributed by atoms with Crippen molar-refractivity contribution in [2.24, 2.45) is 5.92 Å². The Morgan fingerprint density at radius 1 is 1.19 bits per heavy atom. The zero-order valence-electron chi connectivity index (χ0n) is 10.5. The summed E-state index contributed by atoms with van der Waals surface area (Å²) < 4.78 is 0. The van der Waals surface area contributed by atoms with Crippen molar-refractivity contribution in [2.45, 2.75) is 57.5 Å². The lowest BCUT2D eigenvalue weighted by Crippen LogP contribution is -2.49. The van der Waals surface area contributed by atoms with Gasteiger partial charge in [-0.25, -0.2) is 0 Å². The van der Waals surface area contributed by atoms with E-state index in [0.29, 0.717) is 17.9 Å². The highest BCUT2D eigenvalue weighted by molar-refractivity contribution is 5.82. The Bertz CT molecular complexity index is 248. The van der Waals surface area contributed by atoms with Crippen molar-refractivity contribution in [3.8, 4) is 0 Å². The first kappa shape index (κ1) is 11.9.